The van der Waals surface area contributed by atoms with Crippen molar-refractivity contribution >= 4 is 0 Å². The van der Waals surface area contributed by atoms with Crippen LogP contribution in [0, 0.1) is 6.92 Å². The van der Waals surface area contributed by atoms with Crippen LogP contribution in [-0.4, -0.2) is 40.1 Å². The highest BCUT2D eigenvalue weighted by molar-refractivity contribution is 5.20. The second kappa shape index (κ2) is 5.63. The van der Waals surface area contributed by atoms with Gasteiger partial charge in [0.25, 0.3) is 0 Å². The number of nitrogens with one attached hydrogen (secondary N) is 1. The van der Waals surface area contributed by atoms with E-state index in [1.165, 1.54) is 49.6 Å². The molecule has 0 spiro atoms. The molecule has 1 atom stereocenters. The van der Waals surface area contributed by atoms with Gasteiger partial charge in [0.05, 0.1) is 5.69 Å². The van der Waals surface area contributed by atoms with E-state index < -0.39 is 0 Å². The van der Waals surface area contributed by atoms with Gasteiger partial charge in [0.1, 0.15) is 5.82 Å². The van der Waals surface area contributed by atoms with Gasteiger partial charge in [-0.05, 0) is 39.8 Å². The maximum Gasteiger partial charge on any atom is 0.106 e. The average Bonchev–Trinajstić information content (AvgIpc) is 2.76. The Kier molecular flexibility index (Phi) is 3.89. The summed E-state index contributed by atoms with van der Waals surface area (Å²) in [6.07, 6.45) is 5.28. The molecule has 1 fully saturated rings. The first-order chi connectivity index (χ1) is 9.25. The normalized spacial score (nSPS) is 22.2. The number of fused-ring (bicyclic) bond motifs is 1. The Morgan fingerprint density at radius 1 is 1.26 bits per heavy atom. The Hall–Kier alpha value is -0.870. The Bertz CT molecular complexity index is 432. The molecule has 4 heteroatoms. The van der Waals surface area contributed by atoms with E-state index in [0.29, 0.717) is 6.04 Å². The molecule has 4 nitrogen and oxygen atoms in total. The summed E-state index contributed by atoms with van der Waals surface area (Å²) in [7, 11) is 0. The second-order valence-electron chi connectivity index (χ2n) is 6.04. The zero-order chi connectivity index (χ0) is 13.2. The van der Waals surface area contributed by atoms with Gasteiger partial charge in [-0.2, -0.15) is 0 Å². The quantitative estimate of drug-likeness (QED) is 0.900. The molecule has 0 radical (unpaired) electrons. The highest BCUT2D eigenvalue weighted by atomic mass is 15.2. The van der Waals surface area contributed by atoms with Crippen molar-refractivity contribution in [3.05, 3.63) is 17.2 Å². The van der Waals surface area contributed by atoms with Crippen LogP contribution in [0.5, 0.6) is 0 Å². The van der Waals surface area contributed by atoms with Gasteiger partial charge in [-0.15, -0.1) is 0 Å². The molecule has 0 aliphatic carbocycles. The van der Waals surface area contributed by atoms with Gasteiger partial charge < -0.3 is 9.88 Å². The maximum atomic E-state index is 4.73. The second-order valence-corrected chi connectivity index (χ2v) is 6.04. The zero-order valence-electron chi connectivity index (χ0n) is 12.3. The molecule has 1 unspecified atom stereocenters. The number of rotatable bonds is 3. The zero-order valence-corrected chi connectivity index (χ0v) is 12.3. The van der Waals surface area contributed by atoms with Crippen molar-refractivity contribution in [2.45, 2.75) is 58.7 Å². The third-order valence-electron chi connectivity index (χ3n) is 4.64. The molecule has 1 aromatic heterocycles. The summed E-state index contributed by atoms with van der Waals surface area (Å²) in [5.74, 6) is 1.19. The fraction of sp³-hybridized carbons (Fsp3) is 0.800. The number of hydrogen-bond donors (Lipinski definition) is 1. The van der Waals surface area contributed by atoms with Crippen LogP contribution in [0.3, 0.4) is 0 Å². The summed E-state index contributed by atoms with van der Waals surface area (Å²) in [6, 6.07) is 0.632. The van der Waals surface area contributed by atoms with Crippen molar-refractivity contribution in [3.8, 4) is 0 Å². The number of hydrogen-bond acceptors (Lipinski definition) is 3. The molecule has 3 rings (SSSR count). The van der Waals surface area contributed by atoms with Gasteiger partial charge in [-0.3, -0.25) is 4.90 Å². The van der Waals surface area contributed by atoms with Crippen LogP contribution in [0.1, 0.15) is 43.4 Å². The predicted octanol–water partition coefficient (Wildman–Crippen LogP) is 1.71. The number of imidazole rings is 1. The van der Waals surface area contributed by atoms with Gasteiger partial charge in [0.15, 0.2) is 0 Å². The highest BCUT2D eigenvalue weighted by Gasteiger charge is 2.22. The topological polar surface area (TPSA) is 33.1 Å². The summed E-state index contributed by atoms with van der Waals surface area (Å²) in [6.45, 7) is 10.2. The van der Waals surface area contributed by atoms with Crippen LogP contribution in [0.25, 0.3) is 0 Å². The molecule has 0 bridgehead atoms. The third-order valence-corrected chi connectivity index (χ3v) is 4.64. The maximum absolute atomic E-state index is 4.73. The molecule has 1 aromatic rings. The molecule has 3 heterocycles. The first-order valence-corrected chi connectivity index (χ1v) is 7.75. The molecule has 0 saturated carbocycles. The van der Waals surface area contributed by atoms with Crippen molar-refractivity contribution < 1.29 is 0 Å². The molecule has 0 amide bonds. The summed E-state index contributed by atoms with van der Waals surface area (Å²) in [5, 5.41) is 3.41. The van der Waals surface area contributed by atoms with Crippen LogP contribution in [0.2, 0.25) is 0 Å². The number of nitrogens with zero attached hydrogens (tertiary/aromatic N) is 3. The monoisotopic (exact) mass is 262 g/mol. The first kappa shape index (κ1) is 13.1. The van der Waals surface area contributed by atoms with Crippen molar-refractivity contribution in [1.29, 1.82) is 0 Å². The number of aryl methyl sites for hydroxylation is 1. The molecule has 2 aliphatic rings. The Morgan fingerprint density at radius 2 is 2.05 bits per heavy atom. The fourth-order valence-corrected chi connectivity index (χ4v) is 3.49. The minimum Gasteiger partial charge on any atom is -0.330 e. The lowest BCUT2D eigenvalue weighted by atomic mass is 10.1. The van der Waals surface area contributed by atoms with Gasteiger partial charge in [0.2, 0.25) is 0 Å². The van der Waals surface area contributed by atoms with Crippen molar-refractivity contribution in [2.24, 2.45) is 0 Å². The van der Waals surface area contributed by atoms with E-state index in [-0.39, 0.29) is 0 Å². The van der Waals surface area contributed by atoms with Crippen LogP contribution >= 0.6 is 0 Å². The number of piperidine rings is 1. The van der Waals surface area contributed by atoms with Gasteiger partial charge >= 0.3 is 0 Å². The van der Waals surface area contributed by atoms with E-state index in [2.05, 4.69) is 28.6 Å². The van der Waals surface area contributed by atoms with E-state index in [4.69, 9.17) is 4.98 Å². The van der Waals surface area contributed by atoms with Crippen LogP contribution in [0.15, 0.2) is 0 Å². The molecule has 0 aromatic carbocycles. The van der Waals surface area contributed by atoms with Gasteiger partial charge in [0, 0.05) is 37.8 Å². The predicted molar refractivity (Wildman–Crippen MR) is 77.3 cm³/mol. The molecule has 1 saturated heterocycles. The number of aromatic nitrogens is 2. The van der Waals surface area contributed by atoms with E-state index in [9.17, 15) is 0 Å². The minimum atomic E-state index is 0.632. The van der Waals surface area contributed by atoms with Crippen LogP contribution in [0.4, 0.5) is 0 Å². The Balaban J connectivity index is 1.73. The summed E-state index contributed by atoms with van der Waals surface area (Å²) in [4.78, 5) is 7.38. The Labute approximate surface area is 116 Å². The van der Waals surface area contributed by atoms with E-state index in [1.807, 2.05) is 0 Å². The third kappa shape index (κ3) is 2.70. The summed E-state index contributed by atoms with van der Waals surface area (Å²) in [5.41, 5.74) is 2.75. The SMILES string of the molecule is Cc1nc2c(n1CC(C)N1CCCCC1)CCNC2. The van der Waals surface area contributed by atoms with E-state index in [0.717, 1.165) is 26.1 Å². The summed E-state index contributed by atoms with van der Waals surface area (Å²) < 4.78 is 2.47. The largest absolute Gasteiger partial charge is 0.330 e. The average molecular weight is 262 g/mol. The van der Waals surface area contributed by atoms with E-state index in [1.54, 1.807) is 0 Å². The smallest absolute Gasteiger partial charge is 0.106 e. The van der Waals surface area contributed by atoms with Crippen molar-refractivity contribution in [3.63, 3.8) is 0 Å². The lowest BCUT2D eigenvalue weighted by Crippen LogP contribution is -2.40. The van der Waals surface area contributed by atoms with Crippen molar-refractivity contribution in [2.75, 3.05) is 19.6 Å². The molecule has 106 valence electrons. The van der Waals surface area contributed by atoms with Gasteiger partial charge in [-0.1, -0.05) is 6.42 Å². The van der Waals surface area contributed by atoms with Crippen LogP contribution in [-0.2, 0) is 19.5 Å². The molecular formula is C15H26N4. The number of likely N-dealkylation sites (tertiary alicyclic amines) is 1. The van der Waals surface area contributed by atoms with Crippen LogP contribution < -0.4 is 5.32 Å². The Morgan fingerprint density at radius 3 is 2.84 bits per heavy atom. The fourth-order valence-electron chi connectivity index (χ4n) is 3.49. The summed E-state index contributed by atoms with van der Waals surface area (Å²) >= 11 is 0. The van der Waals surface area contributed by atoms with E-state index >= 15 is 0 Å². The first-order valence-electron chi connectivity index (χ1n) is 7.75. The molecule has 19 heavy (non-hydrogen) atoms. The van der Waals surface area contributed by atoms with Gasteiger partial charge in [-0.25, -0.2) is 4.98 Å². The lowest BCUT2D eigenvalue weighted by molar-refractivity contribution is 0.158. The highest BCUT2D eigenvalue weighted by Crippen LogP contribution is 2.19. The molecule has 1 N–H and O–H groups in total. The standard InChI is InChI=1S/C15H26N4/c1-12(18-8-4-3-5-9-18)11-19-13(2)17-14-10-16-7-6-15(14)19/h12,16H,3-11H2,1-2H3. The lowest BCUT2D eigenvalue weighted by Gasteiger charge is -2.33. The minimum absolute atomic E-state index is 0.632. The molecule has 2 aliphatic heterocycles. The van der Waals surface area contributed by atoms with Crippen molar-refractivity contribution in [1.82, 2.24) is 19.8 Å². The molecular weight excluding hydrogens is 236 g/mol.